The molecule has 0 unspecified atom stereocenters. The van der Waals surface area contributed by atoms with E-state index in [1.807, 2.05) is 25.1 Å². The number of aliphatic carboxylic acids is 1. The Morgan fingerprint density at radius 1 is 0.719 bits per heavy atom. The summed E-state index contributed by atoms with van der Waals surface area (Å²) in [6.45, 7) is 15.7. The number of ether oxygens (including phenoxy) is 2. The van der Waals surface area contributed by atoms with Crippen molar-refractivity contribution in [3.63, 3.8) is 0 Å². The van der Waals surface area contributed by atoms with E-state index in [0.29, 0.717) is 64.5 Å². The number of carboxylic acids is 1. The summed E-state index contributed by atoms with van der Waals surface area (Å²) >= 11 is 6.39. The Kier molecular flexibility index (Phi) is 16.3. The summed E-state index contributed by atoms with van der Waals surface area (Å²) in [5.74, 6) is 2.82. The van der Waals surface area contributed by atoms with Gasteiger partial charge in [-0.05, 0) is 136 Å². The SMILES string of the molecule is COC(=O)CC[C@@H](CC(=O)Cc1ccc(C)cc1Cl)c1onc(C2CC(CC(C)(C)C)C2)c1C1CC1.COC(=O)CC[C@@H](CC(=O)O)c1onc(C2CC(CC(C)(C)C)C2)c1C1CC1. The molecule has 0 saturated heterocycles. The number of carbonyl (C=O) groups is 4. The van der Waals surface area contributed by atoms with Gasteiger partial charge in [0.25, 0.3) is 0 Å². The molecule has 4 aliphatic rings. The van der Waals surface area contributed by atoms with E-state index < -0.39 is 5.97 Å². The Bertz CT molecular complexity index is 2090. The lowest BCUT2D eigenvalue weighted by Crippen LogP contribution is -2.27. The number of halogens is 1. The van der Waals surface area contributed by atoms with Gasteiger partial charge in [0.1, 0.15) is 17.3 Å². The quantitative estimate of drug-likeness (QED) is 0.108. The summed E-state index contributed by atoms with van der Waals surface area (Å²) in [4.78, 5) is 48.1. The van der Waals surface area contributed by atoms with Crippen LogP contribution in [-0.2, 0) is 35.1 Å². The van der Waals surface area contributed by atoms with Crippen molar-refractivity contribution in [2.75, 3.05) is 14.2 Å². The van der Waals surface area contributed by atoms with Gasteiger partial charge >= 0.3 is 17.9 Å². The number of Topliss-reactive ketones (excluding diaryl/α,β-unsaturated/α-hetero) is 1. The molecule has 12 heteroatoms. The number of nitrogens with zero attached hydrogens (tertiary/aromatic N) is 2. The number of benzene rings is 1. The van der Waals surface area contributed by atoms with Crippen molar-refractivity contribution in [1.29, 1.82) is 0 Å². The topological polar surface area (TPSA) is 159 Å². The highest BCUT2D eigenvalue weighted by molar-refractivity contribution is 6.31. The standard InChI is InChI=1S/C30H40ClNO4.C22H33NO5/c1-18-6-7-21(25(31)12-18)15-24(33)16-22(10-11-26(34)35-5)29-27(20-8-9-20)28(32-36-29)23-13-19(14-23)17-30(2,3)4;1-22(2,3)12-13-9-16(10-13)20-19(14-5-6-14)21(28-23-20)15(11-17(24)25)7-8-18(26)27-4/h6-7,12,19-20,22-23H,8-11,13-17H2,1-5H3;13-16H,5-12H2,1-4H3,(H,24,25)/t19?,22-,23?;13?,15-,16?/m00/s1. The minimum Gasteiger partial charge on any atom is -0.481 e. The number of methoxy groups -OCH3 is 2. The van der Waals surface area contributed by atoms with E-state index in [2.05, 4.69) is 51.9 Å². The van der Waals surface area contributed by atoms with E-state index in [9.17, 15) is 24.3 Å². The van der Waals surface area contributed by atoms with Crippen LogP contribution in [-0.4, -0.2) is 53.3 Å². The molecule has 3 aromatic rings. The van der Waals surface area contributed by atoms with Gasteiger partial charge < -0.3 is 23.6 Å². The van der Waals surface area contributed by atoms with Crippen LogP contribution in [0.15, 0.2) is 27.2 Å². The number of esters is 2. The Morgan fingerprint density at radius 2 is 1.16 bits per heavy atom. The molecule has 1 N–H and O–H groups in total. The van der Waals surface area contributed by atoms with Gasteiger partial charge in [-0.1, -0.05) is 75.6 Å². The molecule has 64 heavy (non-hydrogen) atoms. The molecular weight excluding hydrogens is 832 g/mol. The second-order valence-electron chi connectivity index (χ2n) is 22.1. The number of aryl methyl sites for hydroxylation is 1. The summed E-state index contributed by atoms with van der Waals surface area (Å²) in [5, 5.41) is 19.0. The van der Waals surface area contributed by atoms with Gasteiger partial charge in [0, 0.05) is 65.5 Å². The number of carbonyl (C=O) groups excluding carboxylic acids is 3. The predicted molar refractivity (Wildman–Crippen MR) is 246 cm³/mol. The van der Waals surface area contributed by atoms with E-state index in [1.54, 1.807) is 0 Å². The van der Waals surface area contributed by atoms with Crippen LogP contribution in [0.2, 0.25) is 5.02 Å². The molecule has 2 heterocycles. The highest BCUT2D eigenvalue weighted by atomic mass is 35.5. The molecule has 4 fully saturated rings. The number of carboxylic acid groups (broad SMARTS) is 1. The first kappa shape index (κ1) is 49.4. The fourth-order valence-corrected chi connectivity index (χ4v) is 10.7. The molecule has 0 radical (unpaired) electrons. The van der Waals surface area contributed by atoms with Gasteiger partial charge in [-0.3, -0.25) is 19.2 Å². The first-order chi connectivity index (χ1) is 30.2. The molecule has 352 valence electrons. The van der Waals surface area contributed by atoms with Crippen molar-refractivity contribution >= 4 is 35.3 Å². The number of ketones is 1. The van der Waals surface area contributed by atoms with E-state index in [4.69, 9.17) is 30.1 Å². The normalized spacial score (nSPS) is 21.7. The van der Waals surface area contributed by atoms with Gasteiger partial charge in [0.2, 0.25) is 0 Å². The fourth-order valence-electron chi connectivity index (χ4n) is 10.4. The molecular formula is C52H73ClN2O9. The van der Waals surface area contributed by atoms with Crippen molar-refractivity contribution in [3.05, 3.63) is 68.4 Å². The van der Waals surface area contributed by atoms with Crippen LogP contribution in [0.4, 0.5) is 0 Å². The minimum atomic E-state index is -0.886. The monoisotopic (exact) mass is 905 g/mol. The number of hydrogen-bond acceptors (Lipinski definition) is 10. The van der Waals surface area contributed by atoms with E-state index >= 15 is 0 Å². The highest BCUT2D eigenvalue weighted by Crippen LogP contribution is 2.55. The zero-order valence-electron chi connectivity index (χ0n) is 39.9. The largest absolute Gasteiger partial charge is 0.481 e. The van der Waals surface area contributed by atoms with Gasteiger partial charge in [0.15, 0.2) is 0 Å². The fraction of sp³-hybridized carbons (Fsp3) is 0.692. The lowest BCUT2D eigenvalue weighted by Gasteiger charge is -2.38. The molecule has 11 nitrogen and oxygen atoms in total. The second kappa shape index (κ2) is 21.1. The van der Waals surface area contributed by atoms with Gasteiger partial charge in [-0.15, -0.1) is 0 Å². The van der Waals surface area contributed by atoms with Gasteiger partial charge in [0.05, 0.1) is 32.0 Å². The van der Waals surface area contributed by atoms with Crippen molar-refractivity contribution in [3.8, 4) is 0 Å². The van der Waals surface area contributed by atoms with Crippen molar-refractivity contribution in [1.82, 2.24) is 10.3 Å². The van der Waals surface area contributed by atoms with Crippen LogP contribution in [0.25, 0.3) is 0 Å². The van der Waals surface area contributed by atoms with Gasteiger partial charge in [-0.25, -0.2) is 0 Å². The van der Waals surface area contributed by atoms with Crippen molar-refractivity contribution in [2.45, 2.75) is 193 Å². The van der Waals surface area contributed by atoms with Crippen LogP contribution in [0.3, 0.4) is 0 Å². The lowest BCUT2D eigenvalue weighted by atomic mass is 9.66. The number of hydrogen-bond donors (Lipinski definition) is 1. The zero-order valence-corrected chi connectivity index (χ0v) is 40.6. The van der Waals surface area contributed by atoms with E-state index in [0.717, 1.165) is 97.0 Å². The average Bonchev–Trinajstić information content (AvgIpc) is 4.13. The summed E-state index contributed by atoms with van der Waals surface area (Å²) in [5.41, 5.74) is 7.11. The molecule has 1 aromatic carbocycles. The third-order valence-corrected chi connectivity index (χ3v) is 14.0. The molecule has 4 aliphatic carbocycles. The molecule has 0 aliphatic heterocycles. The predicted octanol–water partition coefficient (Wildman–Crippen LogP) is 12.7. The first-order valence-electron chi connectivity index (χ1n) is 23.8. The third kappa shape index (κ3) is 13.8. The van der Waals surface area contributed by atoms with Gasteiger partial charge in [-0.2, -0.15) is 0 Å². The lowest BCUT2D eigenvalue weighted by molar-refractivity contribution is -0.142. The molecule has 4 saturated carbocycles. The smallest absolute Gasteiger partial charge is 0.305 e. The summed E-state index contributed by atoms with van der Waals surface area (Å²) in [6.07, 6.45) is 13.4. The summed E-state index contributed by atoms with van der Waals surface area (Å²) < 4.78 is 21.4. The maximum atomic E-state index is 13.2. The Morgan fingerprint density at radius 3 is 1.53 bits per heavy atom. The number of aromatic nitrogens is 2. The molecule has 2 aromatic heterocycles. The Balaban J connectivity index is 0.000000219. The second-order valence-corrected chi connectivity index (χ2v) is 22.5. The maximum Gasteiger partial charge on any atom is 0.305 e. The summed E-state index contributed by atoms with van der Waals surface area (Å²) in [6, 6.07) is 5.78. The maximum absolute atomic E-state index is 13.2. The molecule has 7 rings (SSSR count). The van der Waals surface area contributed by atoms with Crippen molar-refractivity contribution < 1.29 is 42.8 Å². The minimum absolute atomic E-state index is 0.0529. The number of rotatable bonds is 20. The van der Waals surface area contributed by atoms with Crippen LogP contribution in [0, 0.1) is 29.6 Å². The van der Waals surface area contributed by atoms with Crippen LogP contribution >= 0.6 is 11.6 Å². The average molecular weight is 906 g/mol. The van der Waals surface area contributed by atoms with E-state index in [1.165, 1.54) is 32.6 Å². The molecule has 0 spiro atoms. The third-order valence-electron chi connectivity index (χ3n) is 13.7. The van der Waals surface area contributed by atoms with Crippen LogP contribution in [0.1, 0.15) is 225 Å². The first-order valence-corrected chi connectivity index (χ1v) is 24.2. The molecule has 0 amide bonds. The van der Waals surface area contributed by atoms with E-state index in [-0.39, 0.29) is 55.2 Å². The van der Waals surface area contributed by atoms with Crippen LogP contribution in [0.5, 0.6) is 0 Å². The summed E-state index contributed by atoms with van der Waals surface area (Å²) in [7, 11) is 2.75. The molecule has 0 bridgehead atoms. The van der Waals surface area contributed by atoms with Crippen LogP contribution < -0.4 is 0 Å². The van der Waals surface area contributed by atoms with Crippen molar-refractivity contribution in [2.24, 2.45) is 22.7 Å². The Labute approximate surface area is 385 Å². The Hall–Kier alpha value is -3.99. The highest BCUT2D eigenvalue weighted by Gasteiger charge is 2.44. The zero-order chi connectivity index (χ0) is 46.5. The molecule has 2 atom stereocenters.